The average Bonchev–Trinajstić information content (AvgIpc) is 2.86. The van der Waals surface area contributed by atoms with Crippen LogP contribution in [-0.2, 0) is 21.8 Å². The number of aryl methyl sites for hydroxylation is 1. The number of benzene rings is 1. The summed E-state index contributed by atoms with van der Waals surface area (Å²) in [5.41, 5.74) is -2.37. The van der Waals surface area contributed by atoms with Crippen LogP contribution in [0.25, 0.3) is 0 Å². The van der Waals surface area contributed by atoms with Gasteiger partial charge in [0, 0.05) is 25.4 Å². The van der Waals surface area contributed by atoms with E-state index in [1.54, 1.807) is 6.92 Å². The summed E-state index contributed by atoms with van der Waals surface area (Å²) >= 11 is 0. The first kappa shape index (κ1) is 20.3. The third-order valence-corrected chi connectivity index (χ3v) is 5.70. The Bertz CT molecular complexity index is 1060. The fourth-order valence-electron chi connectivity index (χ4n) is 2.66. The molecule has 0 radical (unpaired) electrons. The van der Waals surface area contributed by atoms with Gasteiger partial charge in [-0.15, -0.1) is 0 Å². The lowest BCUT2D eigenvalue weighted by Crippen LogP contribution is -2.59. The molecule has 0 spiro atoms. The van der Waals surface area contributed by atoms with Crippen molar-refractivity contribution >= 4 is 21.6 Å². The van der Waals surface area contributed by atoms with Gasteiger partial charge in [-0.05, 0) is 6.92 Å². The maximum atomic E-state index is 14.7. The summed E-state index contributed by atoms with van der Waals surface area (Å²) in [6.45, 7) is 1.77. The Labute approximate surface area is 157 Å². The van der Waals surface area contributed by atoms with Crippen LogP contribution in [0.3, 0.4) is 0 Å². The van der Waals surface area contributed by atoms with E-state index in [-0.39, 0.29) is 19.3 Å². The number of anilines is 1. The third kappa shape index (κ3) is 3.62. The molecule has 3 rings (SSSR count). The third-order valence-electron chi connectivity index (χ3n) is 4.07. The minimum atomic E-state index is -4.33. The molecule has 1 fully saturated rings. The van der Waals surface area contributed by atoms with Crippen molar-refractivity contribution in [1.29, 1.82) is 0 Å². The molecule has 2 aromatic rings. The average molecular weight is 421 g/mol. The van der Waals surface area contributed by atoms with E-state index >= 15 is 0 Å². The van der Waals surface area contributed by atoms with Crippen LogP contribution in [-0.4, -0.2) is 37.6 Å². The summed E-state index contributed by atoms with van der Waals surface area (Å²) < 4.78 is 87.6. The van der Waals surface area contributed by atoms with E-state index in [4.69, 9.17) is 4.74 Å². The molecule has 152 valence electrons. The number of carbonyl (C=O) groups is 1. The molecule has 1 saturated heterocycles. The molecule has 1 aromatic carbocycles. The minimum Gasteiger partial charge on any atom is -0.377 e. The molecule has 0 bridgehead atoms. The van der Waals surface area contributed by atoms with Crippen LogP contribution in [0.15, 0.2) is 23.2 Å². The lowest BCUT2D eigenvalue weighted by atomic mass is 10.0. The molecule has 1 aliphatic heterocycles. The Morgan fingerprint density at radius 3 is 2.32 bits per heavy atom. The predicted octanol–water partition coefficient (Wildman–Crippen LogP) is 1.90. The Morgan fingerprint density at radius 1 is 1.14 bits per heavy atom. The van der Waals surface area contributed by atoms with Crippen molar-refractivity contribution in [3.8, 4) is 0 Å². The number of hydrogen-bond donors (Lipinski definition) is 2. The van der Waals surface area contributed by atoms with E-state index in [1.165, 1.54) is 7.05 Å². The molecule has 0 atom stereocenters. The number of aromatic nitrogens is 1. The highest BCUT2D eigenvalue weighted by atomic mass is 32.2. The molecule has 1 amide bonds. The first-order valence-electron chi connectivity index (χ1n) is 7.86. The second-order valence-electron chi connectivity index (χ2n) is 6.63. The molecule has 0 unspecified atom stereocenters. The minimum absolute atomic E-state index is 0.101. The Balaban J connectivity index is 1.91. The van der Waals surface area contributed by atoms with E-state index in [9.17, 15) is 30.8 Å². The monoisotopic (exact) mass is 421 g/mol. The lowest BCUT2D eigenvalue weighted by Gasteiger charge is -2.38. The number of sulfonamides is 1. The molecular formula is C16H15F4N3O4S. The number of carbonyl (C=O) groups excluding carboxylic acids is 1. The van der Waals surface area contributed by atoms with Crippen LogP contribution in [0.5, 0.6) is 0 Å². The molecule has 12 heteroatoms. The highest BCUT2D eigenvalue weighted by Gasteiger charge is 2.40. The van der Waals surface area contributed by atoms with Crippen molar-refractivity contribution in [2.45, 2.75) is 17.4 Å². The second-order valence-corrected chi connectivity index (χ2v) is 8.28. The zero-order valence-corrected chi connectivity index (χ0v) is 15.5. The number of amides is 1. The second kappa shape index (κ2) is 6.87. The molecule has 1 aromatic heterocycles. The summed E-state index contributed by atoms with van der Waals surface area (Å²) in [5, 5.41) is 1.89. The van der Waals surface area contributed by atoms with E-state index < -0.39 is 61.0 Å². The predicted molar refractivity (Wildman–Crippen MR) is 89.2 cm³/mol. The summed E-state index contributed by atoms with van der Waals surface area (Å²) in [6, 6.07) is 0.605. The number of rotatable bonds is 5. The fraction of sp³-hybridized carbons (Fsp3) is 0.312. The number of halogens is 4. The van der Waals surface area contributed by atoms with Crippen molar-refractivity contribution in [2.24, 2.45) is 7.05 Å². The van der Waals surface area contributed by atoms with Crippen LogP contribution in [0, 0.1) is 23.3 Å². The van der Waals surface area contributed by atoms with Gasteiger partial charge in [0.15, 0.2) is 17.5 Å². The van der Waals surface area contributed by atoms with Gasteiger partial charge in [0.2, 0.25) is 10.0 Å². The van der Waals surface area contributed by atoms with E-state index in [0.29, 0.717) is 6.07 Å². The van der Waals surface area contributed by atoms with E-state index in [0.717, 1.165) is 10.8 Å². The van der Waals surface area contributed by atoms with Gasteiger partial charge in [-0.2, -0.15) is 0 Å². The highest BCUT2D eigenvalue weighted by molar-refractivity contribution is 7.89. The Morgan fingerprint density at radius 2 is 1.75 bits per heavy atom. The van der Waals surface area contributed by atoms with Gasteiger partial charge in [0.05, 0.1) is 24.4 Å². The maximum absolute atomic E-state index is 14.7. The standard InChI is InChI=1S/C16H15F4N3O4S/c1-16(6-27-7-16)22-28(25,26)12-5-23(2)14(13(12)20)15(24)21-11-4-9(18)8(17)3-10(11)19/h3-5,22H,6-7H2,1-2H3,(H,21,24). The molecule has 7 nitrogen and oxygen atoms in total. The lowest BCUT2D eigenvalue weighted by molar-refractivity contribution is -0.0523. The quantitative estimate of drug-likeness (QED) is 0.570. The Hall–Kier alpha value is -2.44. The molecule has 0 aliphatic carbocycles. The van der Waals surface area contributed by atoms with Crippen molar-refractivity contribution in [1.82, 2.24) is 9.29 Å². The van der Waals surface area contributed by atoms with Crippen molar-refractivity contribution in [2.75, 3.05) is 18.5 Å². The van der Waals surface area contributed by atoms with Gasteiger partial charge in [-0.25, -0.2) is 30.7 Å². The van der Waals surface area contributed by atoms with Gasteiger partial charge in [0.25, 0.3) is 5.91 Å². The molecule has 1 aliphatic rings. The molecule has 2 heterocycles. The zero-order chi connectivity index (χ0) is 20.9. The molecule has 2 N–H and O–H groups in total. The van der Waals surface area contributed by atoms with Gasteiger partial charge in [-0.3, -0.25) is 4.79 Å². The summed E-state index contributed by atoms with van der Waals surface area (Å²) in [5.74, 6) is -6.79. The van der Waals surface area contributed by atoms with Crippen LogP contribution in [0.2, 0.25) is 0 Å². The number of nitrogens with zero attached hydrogens (tertiary/aromatic N) is 1. The van der Waals surface area contributed by atoms with Gasteiger partial charge in [-0.1, -0.05) is 0 Å². The van der Waals surface area contributed by atoms with Gasteiger partial charge in [0.1, 0.15) is 16.4 Å². The first-order valence-corrected chi connectivity index (χ1v) is 9.34. The largest absolute Gasteiger partial charge is 0.377 e. The smallest absolute Gasteiger partial charge is 0.275 e. The van der Waals surface area contributed by atoms with E-state index in [1.807, 2.05) is 5.32 Å². The number of nitrogens with one attached hydrogen (secondary N) is 2. The molecule has 0 saturated carbocycles. The van der Waals surface area contributed by atoms with Crippen molar-refractivity contribution < 1.29 is 35.5 Å². The topological polar surface area (TPSA) is 89.4 Å². The van der Waals surface area contributed by atoms with Crippen molar-refractivity contribution in [3.63, 3.8) is 0 Å². The number of ether oxygens (including phenoxy) is 1. The first-order chi connectivity index (χ1) is 12.9. The summed E-state index contributed by atoms with van der Waals surface area (Å²) in [6.07, 6.45) is 0.872. The van der Waals surface area contributed by atoms with Crippen LogP contribution in [0.4, 0.5) is 23.2 Å². The van der Waals surface area contributed by atoms with Crippen LogP contribution >= 0.6 is 0 Å². The zero-order valence-electron chi connectivity index (χ0n) is 14.6. The summed E-state index contributed by atoms with van der Waals surface area (Å²) in [7, 11) is -3.13. The van der Waals surface area contributed by atoms with Gasteiger partial charge >= 0.3 is 0 Å². The normalized spacial score (nSPS) is 15.9. The van der Waals surface area contributed by atoms with Gasteiger partial charge < -0.3 is 14.6 Å². The molecule has 28 heavy (non-hydrogen) atoms. The molecular weight excluding hydrogens is 406 g/mol. The Kier molecular flexibility index (Phi) is 4.98. The maximum Gasteiger partial charge on any atom is 0.275 e. The fourth-order valence-corrected chi connectivity index (χ4v) is 4.17. The van der Waals surface area contributed by atoms with Crippen molar-refractivity contribution in [3.05, 3.63) is 47.3 Å². The summed E-state index contributed by atoms with van der Waals surface area (Å²) in [4.78, 5) is 11.5. The van der Waals surface area contributed by atoms with E-state index in [2.05, 4.69) is 4.72 Å². The number of hydrogen-bond acceptors (Lipinski definition) is 4. The highest BCUT2D eigenvalue weighted by Crippen LogP contribution is 2.25. The SMILES string of the molecule is Cn1cc(S(=O)(=O)NC2(C)COC2)c(F)c1C(=O)Nc1cc(F)c(F)cc1F. The van der Waals surface area contributed by atoms with Crippen LogP contribution in [0.1, 0.15) is 17.4 Å². The van der Waals surface area contributed by atoms with Crippen LogP contribution < -0.4 is 10.0 Å².